The van der Waals surface area contributed by atoms with Gasteiger partial charge >= 0.3 is 36.4 Å². The van der Waals surface area contributed by atoms with Crippen LogP contribution in [0.3, 0.4) is 0 Å². The van der Waals surface area contributed by atoms with Gasteiger partial charge in [0, 0.05) is 57.7 Å². The van der Waals surface area contributed by atoms with Crippen molar-refractivity contribution in [3.8, 4) is 0 Å². The molecule has 0 spiro atoms. The number of rotatable bonds is 6. The molecule has 2 aliphatic rings. The standard InChI is InChI=1S/C21H27N5O.3C2HF3O2/c1-22-21(27)18-11-17-6-9-26(14-16-3-2-8-23-12-16)10-7-19(17)25-20(18)24-13-15-4-5-15;3*3-2(4,5)1(6)7/h2-3,8,11-12,15H,4-7,9-10,13-14H2,1H3,(H,22,27)(H,24,25);3*(H,6,7). The smallest absolute Gasteiger partial charge is 0.475 e. The van der Waals surface area contributed by atoms with Crippen molar-refractivity contribution in [2.24, 2.45) is 5.92 Å². The van der Waals surface area contributed by atoms with Gasteiger partial charge in [0.15, 0.2) is 0 Å². The summed E-state index contributed by atoms with van der Waals surface area (Å²) in [6, 6.07) is 6.15. The average molecular weight is 708 g/mol. The number of fused-ring (bicyclic) bond motifs is 1. The van der Waals surface area contributed by atoms with Crippen LogP contribution in [0, 0.1) is 5.92 Å². The van der Waals surface area contributed by atoms with E-state index in [0.717, 1.165) is 56.5 Å². The molecule has 1 aliphatic heterocycles. The van der Waals surface area contributed by atoms with Gasteiger partial charge in [-0.15, -0.1) is 0 Å². The van der Waals surface area contributed by atoms with Crippen LogP contribution in [0.1, 0.15) is 40.0 Å². The average Bonchev–Trinajstić information content (AvgIpc) is 3.83. The predicted molar refractivity (Wildman–Crippen MR) is 147 cm³/mol. The van der Waals surface area contributed by atoms with Crippen LogP contribution in [0.5, 0.6) is 0 Å². The van der Waals surface area contributed by atoms with Crippen molar-refractivity contribution < 1.29 is 74.0 Å². The van der Waals surface area contributed by atoms with Crippen molar-refractivity contribution in [2.45, 2.75) is 50.8 Å². The fourth-order valence-corrected chi connectivity index (χ4v) is 3.59. The molecule has 0 radical (unpaired) electrons. The van der Waals surface area contributed by atoms with Crippen molar-refractivity contribution in [3.05, 3.63) is 53.0 Å². The molecule has 0 bridgehead atoms. The van der Waals surface area contributed by atoms with Crippen LogP contribution in [0.4, 0.5) is 45.3 Å². The van der Waals surface area contributed by atoms with Gasteiger partial charge in [-0.1, -0.05) is 6.07 Å². The first-order chi connectivity index (χ1) is 22.1. The van der Waals surface area contributed by atoms with E-state index in [-0.39, 0.29) is 5.91 Å². The Hall–Kier alpha value is -4.69. The van der Waals surface area contributed by atoms with E-state index in [2.05, 4.69) is 26.6 Å². The third kappa shape index (κ3) is 15.7. The maximum atomic E-state index is 12.4. The first kappa shape index (κ1) is 41.3. The van der Waals surface area contributed by atoms with Crippen molar-refractivity contribution in [3.63, 3.8) is 0 Å². The van der Waals surface area contributed by atoms with E-state index < -0.39 is 36.4 Å². The van der Waals surface area contributed by atoms with Gasteiger partial charge in [-0.3, -0.25) is 14.7 Å². The summed E-state index contributed by atoms with van der Waals surface area (Å²) < 4.78 is 95.2. The molecule has 48 heavy (non-hydrogen) atoms. The molecule has 0 aromatic carbocycles. The number of anilines is 1. The number of pyridine rings is 2. The Labute approximate surface area is 266 Å². The molecule has 1 aliphatic carbocycles. The number of hydrogen-bond donors (Lipinski definition) is 5. The SMILES string of the molecule is CNC(=O)c1cc2c(nc1NCC1CC1)CCN(Cc1cccnc1)CC2.O=C(O)C(F)(F)F.O=C(O)C(F)(F)F.O=C(O)C(F)(F)F. The summed E-state index contributed by atoms with van der Waals surface area (Å²) >= 11 is 0. The van der Waals surface area contributed by atoms with Gasteiger partial charge in [0.1, 0.15) is 5.82 Å². The first-order valence-corrected chi connectivity index (χ1v) is 13.6. The van der Waals surface area contributed by atoms with Crippen LogP contribution in [0.15, 0.2) is 30.6 Å². The molecule has 4 rings (SSSR count). The number of aromatic nitrogens is 2. The minimum Gasteiger partial charge on any atom is -0.475 e. The molecular weight excluding hydrogens is 677 g/mol. The lowest BCUT2D eigenvalue weighted by atomic mass is 10.1. The van der Waals surface area contributed by atoms with Gasteiger partial charge < -0.3 is 26.0 Å². The maximum Gasteiger partial charge on any atom is 0.490 e. The molecule has 0 saturated heterocycles. The molecule has 2 aromatic rings. The molecule has 21 heteroatoms. The first-order valence-electron chi connectivity index (χ1n) is 13.6. The lowest BCUT2D eigenvalue weighted by Gasteiger charge is -2.19. The lowest BCUT2D eigenvalue weighted by Crippen LogP contribution is -2.26. The zero-order valence-electron chi connectivity index (χ0n) is 24.8. The van der Waals surface area contributed by atoms with Gasteiger partial charge in [-0.2, -0.15) is 39.5 Å². The molecule has 12 nitrogen and oxygen atoms in total. The number of nitrogens with one attached hydrogen (secondary N) is 2. The number of carbonyl (C=O) groups is 4. The Morgan fingerprint density at radius 1 is 0.875 bits per heavy atom. The highest BCUT2D eigenvalue weighted by Crippen LogP contribution is 2.30. The topological polar surface area (TPSA) is 182 Å². The van der Waals surface area contributed by atoms with E-state index in [1.807, 2.05) is 24.5 Å². The third-order valence-electron chi connectivity index (χ3n) is 6.14. The highest BCUT2D eigenvalue weighted by Gasteiger charge is 2.39. The second-order valence-electron chi connectivity index (χ2n) is 9.94. The molecule has 0 unspecified atom stereocenters. The van der Waals surface area contributed by atoms with Crippen molar-refractivity contribution in [1.82, 2.24) is 20.2 Å². The van der Waals surface area contributed by atoms with E-state index >= 15 is 0 Å². The summed E-state index contributed by atoms with van der Waals surface area (Å²) in [7, 11) is 1.67. The summed E-state index contributed by atoms with van der Waals surface area (Å²) in [5.74, 6) is -6.87. The number of carboxylic acids is 3. The number of carboxylic acid groups (broad SMARTS) is 3. The highest BCUT2D eigenvalue weighted by atomic mass is 19.4. The number of amides is 1. The number of nitrogens with zero attached hydrogens (tertiary/aromatic N) is 3. The zero-order valence-corrected chi connectivity index (χ0v) is 24.8. The molecule has 1 fully saturated rings. The largest absolute Gasteiger partial charge is 0.490 e. The van der Waals surface area contributed by atoms with Gasteiger partial charge in [-0.05, 0) is 48.4 Å². The summed E-state index contributed by atoms with van der Waals surface area (Å²) in [5, 5.41) is 27.5. The Bertz CT molecular complexity index is 1330. The molecule has 2 aromatic heterocycles. The van der Waals surface area contributed by atoms with E-state index in [4.69, 9.17) is 34.7 Å². The molecule has 3 heterocycles. The van der Waals surface area contributed by atoms with Crippen LogP contribution >= 0.6 is 0 Å². The van der Waals surface area contributed by atoms with Gasteiger partial charge in [0.25, 0.3) is 5.91 Å². The Kier molecular flexibility index (Phi) is 15.5. The van der Waals surface area contributed by atoms with Crippen molar-refractivity contribution >= 4 is 29.6 Å². The molecule has 1 saturated carbocycles. The highest BCUT2D eigenvalue weighted by molar-refractivity contribution is 5.98. The fourth-order valence-electron chi connectivity index (χ4n) is 3.59. The van der Waals surface area contributed by atoms with Crippen LogP contribution < -0.4 is 10.6 Å². The fraction of sp³-hybridized carbons (Fsp3) is 0.481. The number of carbonyl (C=O) groups excluding carboxylic acids is 1. The summed E-state index contributed by atoms with van der Waals surface area (Å²) in [5.41, 5.74) is 4.21. The van der Waals surface area contributed by atoms with Crippen LogP contribution in [0.2, 0.25) is 0 Å². The monoisotopic (exact) mass is 707 g/mol. The Morgan fingerprint density at radius 3 is 1.79 bits per heavy atom. The molecule has 5 N–H and O–H groups in total. The Balaban J connectivity index is 0.000000448. The lowest BCUT2D eigenvalue weighted by molar-refractivity contribution is -0.193. The van der Waals surface area contributed by atoms with E-state index in [0.29, 0.717) is 5.56 Å². The second-order valence-corrected chi connectivity index (χ2v) is 9.94. The quantitative estimate of drug-likeness (QED) is 0.272. The molecule has 1 amide bonds. The normalized spacial score (nSPS) is 14.5. The summed E-state index contributed by atoms with van der Waals surface area (Å²) in [4.78, 5) is 50.6. The zero-order chi connectivity index (χ0) is 36.9. The maximum absolute atomic E-state index is 12.4. The summed E-state index contributed by atoms with van der Waals surface area (Å²) in [6.07, 6.45) is -7.15. The second kappa shape index (κ2) is 18.0. The molecule has 268 valence electrons. The van der Waals surface area contributed by atoms with E-state index in [9.17, 15) is 44.3 Å². The van der Waals surface area contributed by atoms with Crippen molar-refractivity contribution in [1.29, 1.82) is 0 Å². The van der Waals surface area contributed by atoms with Crippen molar-refractivity contribution in [2.75, 3.05) is 32.0 Å². The summed E-state index contributed by atoms with van der Waals surface area (Å²) in [6.45, 7) is 3.74. The van der Waals surface area contributed by atoms with Gasteiger partial charge in [0.2, 0.25) is 0 Å². The number of hydrogen-bond acceptors (Lipinski definition) is 8. The molecular formula is C27H30F9N5O7. The van der Waals surface area contributed by atoms with Gasteiger partial charge in [-0.25, -0.2) is 19.4 Å². The molecule has 0 atom stereocenters. The third-order valence-corrected chi connectivity index (χ3v) is 6.14. The van der Waals surface area contributed by atoms with Crippen LogP contribution in [-0.2, 0) is 33.8 Å². The van der Waals surface area contributed by atoms with Gasteiger partial charge in [0.05, 0.1) is 5.56 Å². The minimum absolute atomic E-state index is 0.0694. The van der Waals surface area contributed by atoms with Crippen LogP contribution in [-0.4, -0.2) is 99.2 Å². The minimum atomic E-state index is -5.08. The Morgan fingerprint density at radius 2 is 1.38 bits per heavy atom. The van der Waals surface area contributed by atoms with Crippen LogP contribution in [0.25, 0.3) is 0 Å². The number of alkyl halides is 9. The van der Waals surface area contributed by atoms with E-state index in [1.165, 1.54) is 24.0 Å². The van der Waals surface area contributed by atoms with E-state index in [1.54, 1.807) is 7.05 Å². The number of aliphatic carboxylic acids is 3. The predicted octanol–water partition coefficient (Wildman–Crippen LogP) is 4.16. The number of halogens is 9.